The average Bonchev–Trinajstić information content (AvgIpc) is 3.27. The second-order valence-corrected chi connectivity index (χ2v) is 12.3. The van der Waals surface area contributed by atoms with Crippen LogP contribution in [0.3, 0.4) is 0 Å². The number of aliphatic hydroxyl groups excluding tert-OH is 1. The van der Waals surface area contributed by atoms with E-state index >= 15 is 0 Å². The van der Waals surface area contributed by atoms with Gasteiger partial charge in [0, 0.05) is 11.6 Å². The Labute approximate surface area is 229 Å². The fourth-order valence-electron chi connectivity index (χ4n) is 4.43. The molecule has 0 radical (unpaired) electrons. The van der Waals surface area contributed by atoms with E-state index < -0.39 is 39.1 Å². The Morgan fingerprint density at radius 1 is 1.02 bits per heavy atom. The number of carboxylic acids is 1. The molecule has 0 saturated heterocycles. The van der Waals surface area contributed by atoms with Crippen LogP contribution >= 0.6 is 0 Å². The van der Waals surface area contributed by atoms with Crippen LogP contribution in [0.25, 0.3) is 10.9 Å². The van der Waals surface area contributed by atoms with Crippen LogP contribution in [0.4, 0.5) is 13.2 Å². The van der Waals surface area contributed by atoms with Crippen molar-refractivity contribution in [2.75, 3.05) is 0 Å². The second kappa shape index (κ2) is 10.2. The lowest BCUT2D eigenvalue weighted by Crippen LogP contribution is -2.24. The molecule has 0 amide bonds. The summed E-state index contributed by atoms with van der Waals surface area (Å²) >= 11 is 0. The number of fused-ring (bicyclic) bond motifs is 1. The minimum atomic E-state index is -4.68. The highest BCUT2D eigenvalue weighted by Gasteiger charge is 2.35. The van der Waals surface area contributed by atoms with Crippen molar-refractivity contribution in [2.45, 2.75) is 43.7 Å². The molecule has 0 saturated carbocycles. The third kappa shape index (κ3) is 5.39. The number of halogens is 3. The van der Waals surface area contributed by atoms with E-state index in [1.165, 1.54) is 18.2 Å². The van der Waals surface area contributed by atoms with Gasteiger partial charge in [0.05, 0.1) is 28.0 Å². The van der Waals surface area contributed by atoms with Gasteiger partial charge in [-0.15, -0.1) is 6.58 Å². The molecule has 2 N–H and O–H groups in total. The average molecular weight is 573 g/mol. The van der Waals surface area contributed by atoms with E-state index in [9.17, 15) is 31.5 Å². The number of aromatic nitrogens is 2. The molecule has 2 aromatic heterocycles. The first-order valence-corrected chi connectivity index (χ1v) is 13.6. The summed E-state index contributed by atoms with van der Waals surface area (Å²) < 4.78 is 69.7. The molecule has 0 bridgehead atoms. The lowest BCUT2D eigenvalue weighted by molar-refractivity contribution is -0.137. The monoisotopic (exact) mass is 572 g/mol. The third-order valence-electron chi connectivity index (χ3n) is 6.58. The Balaban J connectivity index is 1.96. The quantitative estimate of drug-likeness (QED) is 0.254. The van der Waals surface area contributed by atoms with Crippen molar-refractivity contribution in [1.29, 1.82) is 0 Å². The van der Waals surface area contributed by atoms with E-state index in [1.54, 1.807) is 18.2 Å². The van der Waals surface area contributed by atoms with Gasteiger partial charge < -0.3 is 10.2 Å². The molecule has 7 nitrogen and oxygen atoms in total. The van der Waals surface area contributed by atoms with Crippen molar-refractivity contribution >= 4 is 26.9 Å². The standard InChI is InChI=1S/C29H27F3N2O5S/c1-5-25(17-7-6-8-20(13-17)28(2,3)4)40(38,39)34-23-12-10-21(29(30,31)32)14-19(23)15-24(34)26(35)22-11-9-18(16-33-22)27(36)37/h5-16,25-26,35H,1H2,2-4H3,(H,36,37). The maximum atomic E-state index is 14.2. The number of carboxylic acid groups (broad SMARTS) is 1. The summed E-state index contributed by atoms with van der Waals surface area (Å²) in [4.78, 5) is 15.2. The van der Waals surface area contributed by atoms with E-state index in [2.05, 4.69) is 11.6 Å². The van der Waals surface area contributed by atoms with Crippen LogP contribution in [0.5, 0.6) is 0 Å². The van der Waals surface area contributed by atoms with Gasteiger partial charge in [-0.25, -0.2) is 17.2 Å². The van der Waals surface area contributed by atoms with Crippen molar-refractivity contribution in [3.05, 3.63) is 113 Å². The summed E-state index contributed by atoms with van der Waals surface area (Å²) in [7, 11) is -4.47. The Morgan fingerprint density at radius 3 is 2.27 bits per heavy atom. The Morgan fingerprint density at radius 2 is 1.73 bits per heavy atom. The lowest BCUT2D eigenvalue weighted by atomic mass is 9.86. The van der Waals surface area contributed by atoms with Crippen LogP contribution < -0.4 is 0 Å². The Bertz CT molecular complexity index is 1700. The highest BCUT2D eigenvalue weighted by atomic mass is 32.2. The summed E-state index contributed by atoms with van der Waals surface area (Å²) in [6.07, 6.45) is -4.18. The molecule has 2 atom stereocenters. The van der Waals surface area contributed by atoms with Gasteiger partial charge in [0.25, 0.3) is 0 Å². The van der Waals surface area contributed by atoms with E-state index in [4.69, 9.17) is 5.11 Å². The highest BCUT2D eigenvalue weighted by molar-refractivity contribution is 7.90. The molecule has 2 aromatic carbocycles. The summed E-state index contributed by atoms with van der Waals surface area (Å²) in [5.41, 5.74) is -0.629. The fraction of sp³-hybridized carbons (Fsp3) is 0.241. The van der Waals surface area contributed by atoms with Gasteiger partial charge in [0.1, 0.15) is 11.4 Å². The molecule has 0 spiro atoms. The summed E-state index contributed by atoms with van der Waals surface area (Å²) in [5, 5.41) is 19.0. The van der Waals surface area contributed by atoms with Crippen LogP contribution in [0.2, 0.25) is 0 Å². The first-order chi connectivity index (χ1) is 18.6. The van der Waals surface area contributed by atoms with Crippen LogP contribution in [-0.4, -0.2) is 33.6 Å². The summed E-state index contributed by atoms with van der Waals surface area (Å²) in [6, 6.07) is 13.1. The number of carbonyl (C=O) groups is 1. The number of rotatable bonds is 7. The normalized spacial score (nSPS) is 14.2. The highest BCUT2D eigenvalue weighted by Crippen LogP contribution is 2.38. The van der Waals surface area contributed by atoms with E-state index in [0.717, 1.165) is 40.0 Å². The van der Waals surface area contributed by atoms with Crippen molar-refractivity contribution in [1.82, 2.24) is 8.96 Å². The Kier molecular flexibility index (Phi) is 7.42. The van der Waals surface area contributed by atoms with Gasteiger partial charge in [0.15, 0.2) is 0 Å². The summed E-state index contributed by atoms with van der Waals surface area (Å²) in [5.74, 6) is -1.25. The van der Waals surface area contributed by atoms with Crippen LogP contribution in [0.15, 0.2) is 79.5 Å². The molecule has 0 fully saturated rings. The van der Waals surface area contributed by atoms with Crippen molar-refractivity contribution in [2.24, 2.45) is 0 Å². The predicted molar refractivity (Wildman–Crippen MR) is 145 cm³/mol. The van der Waals surface area contributed by atoms with Crippen LogP contribution in [0.1, 0.15) is 70.6 Å². The maximum Gasteiger partial charge on any atom is 0.416 e. The number of benzene rings is 2. The first kappa shape index (κ1) is 29.0. The van der Waals surface area contributed by atoms with Crippen molar-refractivity contribution < 1.29 is 36.6 Å². The van der Waals surface area contributed by atoms with Crippen LogP contribution in [-0.2, 0) is 21.6 Å². The smallest absolute Gasteiger partial charge is 0.416 e. The predicted octanol–water partition coefficient (Wildman–Crippen LogP) is 6.24. The molecule has 2 heterocycles. The van der Waals surface area contributed by atoms with Gasteiger partial charge in [-0.1, -0.05) is 51.1 Å². The van der Waals surface area contributed by atoms with Gasteiger partial charge >= 0.3 is 12.1 Å². The lowest BCUT2D eigenvalue weighted by Gasteiger charge is -2.23. The number of pyridine rings is 1. The molecule has 11 heteroatoms. The maximum absolute atomic E-state index is 14.2. The zero-order chi connectivity index (χ0) is 29.6. The van der Waals surface area contributed by atoms with Crippen molar-refractivity contribution in [3.63, 3.8) is 0 Å². The minimum absolute atomic E-state index is 0.0686. The van der Waals surface area contributed by atoms with E-state index in [0.29, 0.717) is 5.56 Å². The van der Waals surface area contributed by atoms with E-state index in [-0.39, 0.29) is 33.3 Å². The fourth-order valence-corrected chi connectivity index (χ4v) is 6.28. The van der Waals surface area contributed by atoms with Gasteiger partial charge in [-0.3, -0.25) is 4.98 Å². The minimum Gasteiger partial charge on any atom is -0.478 e. The van der Waals surface area contributed by atoms with Crippen LogP contribution in [0, 0.1) is 0 Å². The number of nitrogens with zero attached hydrogens (tertiary/aromatic N) is 2. The zero-order valence-electron chi connectivity index (χ0n) is 21.8. The number of aromatic carboxylic acids is 1. The second-order valence-electron chi connectivity index (χ2n) is 10.4. The zero-order valence-corrected chi connectivity index (χ0v) is 22.7. The van der Waals surface area contributed by atoms with E-state index in [1.807, 2.05) is 26.8 Å². The topological polar surface area (TPSA) is 109 Å². The number of hydrogen-bond donors (Lipinski definition) is 2. The first-order valence-electron chi connectivity index (χ1n) is 12.1. The number of hydrogen-bond acceptors (Lipinski definition) is 5. The largest absolute Gasteiger partial charge is 0.478 e. The molecule has 0 aliphatic carbocycles. The molecule has 4 rings (SSSR count). The molecule has 0 aliphatic heterocycles. The molecule has 2 unspecified atom stereocenters. The molecule has 40 heavy (non-hydrogen) atoms. The third-order valence-corrected chi connectivity index (χ3v) is 8.60. The molecular formula is C29H27F3N2O5S. The molecule has 0 aliphatic rings. The van der Waals surface area contributed by atoms with Crippen molar-refractivity contribution in [3.8, 4) is 0 Å². The number of aliphatic hydroxyl groups is 1. The van der Waals surface area contributed by atoms with Gasteiger partial charge in [-0.2, -0.15) is 13.2 Å². The SMILES string of the molecule is C=CC(c1cccc(C(C)(C)C)c1)S(=O)(=O)n1c(C(O)c2ccc(C(=O)O)cn2)cc2cc(C(F)(F)F)ccc21. The Hall–Kier alpha value is -3.96. The van der Waals surface area contributed by atoms with Gasteiger partial charge in [-0.05, 0) is 52.9 Å². The molecular weight excluding hydrogens is 545 g/mol. The number of alkyl halides is 3. The molecule has 4 aromatic rings. The summed E-state index contributed by atoms with van der Waals surface area (Å²) in [6.45, 7) is 9.63. The molecule has 210 valence electrons. The van der Waals surface area contributed by atoms with Gasteiger partial charge in [0.2, 0.25) is 10.0 Å².